The number of benzene rings is 1. The predicted octanol–water partition coefficient (Wildman–Crippen LogP) is 2.83. The third-order valence-corrected chi connectivity index (χ3v) is 5.94. The minimum absolute atomic E-state index is 0.0261. The fourth-order valence-corrected chi connectivity index (χ4v) is 4.02. The van der Waals surface area contributed by atoms with Crippen LogP contribution in [-0.2, 0) is 9.84 Å². The number of rotatable bonds is 6. The van der Waals surface area contributed by atoms with E-state index in [4.69, 9.17) is 0 Å². The van der Waals surface area contributed by atoms with Gasteiger partial charge in [-0.15, -0.1) is 0 Å². The van der Waals surface area contributed by atoms with Gasteiger partial charge in [-0.05, 0) is 42.5 Å². The normalized spacial score (nSPS) is 25.9. The predicted molar refractivity (Wildman–Crippen MR) is 78.5 cm³/mol. The van der Waals surface area contributed by atoms with Crippen LogP contribution in [0.3, 0.4) is 0 Å². The van der Waals surface area contributed by atoms with Gasteiger partial charge >= 0.3 is 0 Å². The summed E-state index contributed by atoms with van der Waals surface area (Å²) in [6, 6.07) is 6.89. The van der Waals surface area contributed by atoms with Gasteiger partial charge in [0.1, 0.15) is 5.75 Å². The van der Waals surface area contributed by atoms with Gasteiger partial charge < -0.3 is 5.32 Å². The smallest absolute Gasteiger partial charge is 0.252 e. The molecule has 1 aliphatic rings. The molecule has 0 bridgehead atoms. The molecule has 6 heteroatoms. The maximum atomic E-state index is 12.3. The monoisotopic (exact) mass is 317 g/mol. The topological polar surface area (TPSA) is 46.2 Å². The maximum absolute atomic E-state index is 12.3. The zero-order valence-electron chi connectivity index (χ0n) is 12.2. The molecular formula is C15H21F2NO2S. The van der Waals surface area contributed by atoms with Gasteiger partial charge in [-0.3, -0.25) is 0 Å². The summed E-state index contributed by atoms with van der Waals surface area (Å²) in [7, 11) is -3.89. The van der Waals surface area contributed by atoms with Crippen molar-refractivity contribution in [2.24, 2.45) is 5.92 Å². The first-order valence-corrected chi connectivity index (χ1v) is 8.84. The standard InChI is InChI=1S/C15H21F2NO2S/c1-3-18-14-8-13(10(14)2)11-4-6-12(7-5-11)21(19,20)9-15(16)17/h4-7,10,13-15,18H,3,8-9H2,1-2H3. The first-order valence-electron chi connectivity index (χ1n) is 7.19. The van der Waals surface area contributed by atoms with E-state index in [1.54, 1.807) is 12.1 Å². The summed E-state index contributed by atoms with van der Waals surface area (Å²) in [6.07, 6.45) is -1.82. The second-order valence-corrected chi connectivity index (χ2v) is 7.64. The number of hydrogen-bond acceptors (Lipinski definition) is 3. The van der Waals surface area contributed by atoms with Crippen LogP contribution in [0.2, 0.25) is 0 Å². The molecule has 2 rings (SSSR count). The van der Waals surface area contributed by atoms with Crippen molar-refractivity contribution < 1.29 is 17.2 Å². The summed E-state index contributed by atoms with van der Waals surface area (Å²) < 4.78 is 48.0. The summed E-state index contributed by atoms with van der Waals surface area (Å²) in [6.45, 7) is 5.18. The Labute approximate surface area is 124 Å². The molecule has 1 aromatic rings. The molecule has 1 N–H and O–H groups in total. The molecule has 0 heterocycles. The van der Waals surface area contributed by atoms with Crippen molar-refractivity contribution >= 4 is 9.84 Å². The quantitative estimate of drug-likeness (QED) is 0.877. The fraction of sp³-hybridized carbons (Fsp3) is 0.600. The highest BCUT2D eigenvalue weighted by Gasteiger charge is 2.37. The summed E-state index contributed by atoms with van der Waals surface area (Å²) in [4.78, 5) is -0.0261. The van der Waals surface area contributed by atoms with Crippen LogP contribution in [-0.4, -0.2) is 33.2 Å². The molecule has 1 saturated carbocycles. The average Bonchev–Trinajstić information content (AvgIpc) is 2.41. The maximum Gasteiger partial charge on any atom is 0.252 e. The van der Waals surface area contributed by atoms with E-state index >= 15 is 0 Å². The van der Waals surface area contributed by atoms with E-state index in [1.807, 2.05) is 0 Å². The van der Waals surface area contributed by atoms with Crippen LogP contribution in [0.15, 0.2) is 29.2 Å². The van der Waals surface area contributed by atoms with Crippen LogP contribution in [0.5, 0.6) is 0 Å². The van der Waals surface area contributed by atoms with Crippen molar-refractivity contribution in [1.82, 2.24) is 5.32 Å². The Morgan fingerprint density at radius 1 is 1.29 bits per heavy atom. The third-order valence-electron chi connectivity index (χ3n) is 4.26. The Bertz CT molecular complexity index is 572. The van der Waals surface area contributed by atoms with Crippen LogP contribution in [0, 0.1) is 5.92 Å². The molecule has 118 valence electrons. The lowest BCUT2D eigenvalue weighted by molar-refractivity contribution is 0.174. The summed E-state index contributed by atoms with van der Waals surface area (Å²) in [5.41, 5.74) is 1.08. The molecule has 0 spiro atoms. The van der Waals surface area contributed by atoms with Gasteiger partial charge in [0.25, 0.3) is 6.43 Å². The minimum atomic E-state index is -3.89. The molecule has 0 saturated heterocycles. The van der Waals surface area contributed by atoms with Crippen molar-refractivity contribution in [2.45, 2.75) is 43.5 Å². The van der Waals surface area contributed by atoms with Crippen molar-refractivity contribution in [3.8, 4) is 0 Å². The lowest BCUT2D eigenvalue weighted by Gasteiger charge is -2.43. The highest BCUT2D eigenvalue weighted by molar-refractivity contribution is 7.91. The van der Waals surface area contributed by atoms with E-state index < -0.39 is 22.0 Å². The van der Waals surface area contributed by atoms with E-state index in [0.29, 0.717) is 17.9 Å². The molecule has 3 unspecified atom stereocenters. The number of sulfone groups is 1. The summed E-state index contributed by atoms with van der Waals surface area (Å²) >= 11 is 0. The highest BCUT2D eigenvalue weighted by Crippen LogP contribution is 2.42. The first-order chi connectivity index (χ1) is 9.85. The second-order valence-electron chi connectivity index (χ2n) is 5.61. The molecule has 0 aromatic heterocycles. The molecule has 0 radical (unpaired) electrons. The Balaban J connectivity index is 2.07. The van der Waals surface area contributed by atoms with E-state index in [9.17, 15) is 17.2 Å². The van der Waals surface area contributed by atoms with E-state index in [1.165, 1.54) is 12.1 Å². The third kappa shape index (κ3) is 3.61. The Morgan fingerprint density at radius 3 is 2.38 bits per heavy atom. The van der Waals surface area contributed by atoms with Crippen LogP contribution < -0.4 is 5.32 Å². The summed E-state index contributed by atoms with van der Waals surface area (Å²) in [5, 5.41) is 3.41. The number of halogens is 2. The zero-order valence-corrected chi connectivity index (χ0v) is 13.0. The van der Waals surface area contributed by atoms with Crippen molar-refractivity contribution in [2.75, 3.05) is 12.3 Å². The van der Waals surface area contributed by atoms with Crippen LogP contribution >= 0.6 is 0 Å². The lowest BCUT2D eigenvalue weighted by atomic mass is 9.67. The van der Waals surface area contributed by atoms with Crippen LogP contribution in [0.4, 0.5) is 8.78 Å². The van der Waals surface area contributed by atoms with E-state index in [-0.39, 0.29) is 4.90 Å². The van der Waals surface area contributed by atoms with Crippen molar-refractivity contribution in [1.29, 1.82) is 0 Å². The molecule has 1 fully saturated rings. The Hall–Kier alpha value is -1.01. The molecule has 0 aliphatic heterocycles. The van der Waals surface area contributed by atoms with Crippen LogP contribution in [0.25, 0.3) is 0 Å². The molecule has 0 amide bonds. The number of alkyl halides is 2. The van der Waals surface area contributed by atoms with Crippen molar-refractivity contribution in [3.05, 3.63) is 29.8 Å². The van der Waals surface area contributed by atoms with E-state index in [0.717, 1.165) is 18.5 Å². The minimum Gasteiger partial charge on any atom is -0.314 e. The van der Waals surface area contributed by atoms with Gasteiger partial charge in [-0.2, -0.15) is 0 Å². The molecule has 3 nitrogen and oxygen atoms in total. The van der Waals surface area contributed by atoms with Crippen molar-refractivity contribution in [3.63, 3.8) is 0 Å². The average molecular weight is 317 g/mol. The number of hydrogen-bond donors (Lipinski definition) is 1. The highest BCUT2D eigenvalue weighted by atomic mass is 32.2. The Kier molecular flexibility index (Phi) is 4.99. The van der Waals surface area contributed by atoms with Gasteiger partial charge in [-0.25, -0.2) is 17.2 Å². The van der Waals surface area contributed by atoms with Gasteiger partial charge in [-0.1, -0.05) is 26.0 Å². The summed E-state index contributed by atoms with van der Waals surface area (Å²) in [5.74, 6) is -0.219. The Morgan fingerprint density at radius 2 is 1.90 bits per heavy atom. The molecule has 1 aliphatic carbocycles. The van der Waals surface area contributed by atoms with Gasteiger partial charge in [0, 0.05) is 6.04 Å². The molecule has 3 atom stereocenters. The molecule has 1 aromatic carbocycles. The molecule has 21 heavy (non-hydrogen) atoms. The van der Waals surface area contributed by atoms with Gasteiger partial charge in [0.05, 0.1) is 4.90 Å². The fourth-order valence-electron chi connectivity index (χ4n) is 2.94. The SMILES string of the molecule is CCNC1CC(c2ccc(S(=O)(=O)CC(F)F)cc2)C1C. The van der Waals surface area contributed by atoms with Gasteiger partial charge in [0.15, 0.2) is 9.84 Å². The van der Waals surface area contributed by atoms with E-state index in [2.05, 4.69) is 19.2 Å². The largest absolute Gasteiger partial charge is 0.314 e. The van der Waals surface area contributed by atoms with Crippen LogP contribution in [0.1, 0.15) is 31.7 Å². The van der Waals surface area contributed by atoms with Gasteiger partial charge in [0.2, 0.25) is 0 Å². The first kappa shape index (κ1) is 16.4. The second kappa shape index (κ2) is 6.40. The lowest BCUT2D eigenvalue weighted by Crippen LogP contribution is -2.47. The molecular weight excluding hydrogens is 296 g/mol. The number of nitrogens with one attached hydrogen (secondary N) is 1. The zero-order chi connectivity index (χ0) is 15.6.